The van der Waals surface area contributed by atoms with E-state index >= 15 is 0 Å². The summed E-state index contributed by atoms with van der Waals surface area (Å²) in [6.07, 6.45) is 11.6. The summed E-state index contributed by atoms with van der Waals surface area (Å²) >= 11 is 0. The first kappa shape index (κ1) is 11.1. The van der Waals surface area contributed by atoms with E-state index in [0.29, 0.717) is 5.41 Å². The molecule has 4 aliphatic rings. The van der Waals surface area contributed by atoms with Crippen molar-refractivity contribution in [3.63, 3.8) is 0 Å². The highest BCUT2D eigenvalue weighted by Crippen LogP contribution is 2.68. The summed E-state index contributed by atoms with van der Waals surface area (Å²) in [7, 11) is 0. The molecule has 2 heteroatoms. The molecular formula is C16H23NO. The van der Waals surface area contributed by atoms with Gasteiger partial charge in [-0.15, -0.1) is 0 Å². The Hall–Kier alpha value is -0.760. The monoisotopic (exact) mass is 245 g/mol. The molecule has 18 heavy (non-hydrogen) atoms. The topological polar surface area (TPSA) is 36.0 Å². The van der Waals surface area contributed by atoms with Crippen LogP contribution in [0.4, 0.5) is 0 Å². The maximum atomic E-state index is 10.9. The highest BCUT2D eigenvalue weighted by molar-refractivity contribution is 5.19. The molecule has 4 bridgehead atoms. The van der Waals surface area contributed by atoms with Crippen molar-refractivity contribution in [1.82, 2.24) is 4.98 Å². The Morgan fingerprint density at radius 2 is 2.00 bits per heavy atom. The largest absolute Gasteiger partial charge is 0.388 e. The van der Waals surface area contributed by atoms with Crippen LogP contribution in [-0.2, 0) is 0 Å². The van der Waals surface area contributed by atoms with Crippen LogP contribution in [0.3, 0.4) is 0 Å². The molecule has 2 N–H and O–H groups in total. The zero-order chi connectivity index (χ0) is 12.4. The number of rotatable bonds is 2. The van der Waals surface area contributed by atoms with Gasteiger partial charge < -0.3 is 10.1 Å². The second-order valence-corrected chi connectivity index (χ2v) is 7.68. The molecule has 2 nitrogen and oxygen atoms in total. The molecule has 4 aliphatic carbocycles. The molecule has 0 aromatic carbocycles. The summed E-state index contributed by atoms with van der Waals surface area (Å²) < 4.78 is 0. The summed E-state index contributed by atoms with van der Waals surface area (Å²) in [6.45, 7) is 2.46. The number of H-pyrrole nitrogens is 1. The van der Waals surface area contributed by atoms with Crippen LogP contribution in [0.2, 0.25) is 0 Å². The third kappa shape index (κ3) is 1.45. The Labute approximate surface area is 109 Å². The number of aromatic amines is 1. The van der Waals surface area contributed by atoms with Crippen LogP contribution in [0.15, 0.2) is 18.5 Å². The molecule has 1 aromatic heterocycles. The van der Waals surface area contributed by atoms with Crippen molar-refractivity contribution in [2.45, 2.75) is 51.6 Å². The maximum Gasteiger partial charge on any atom is 0.0861 e. The van der Waals surface area contributed by atoms with Gasteiger partial charge in [0.1, 0.15) is 0 Å². The quantitative estimate of drug-likeness (QED) is 0.819. The molecule has 0 aliphatic heterocycles. The lowest BCUT2D eigenvalue weighted by atomic mass is 9.43. The fourth-order valence-corrected chi connectivity index (χ4v) is 5.98. The fourth-order valence-electron chi connectivity index (χ4n) is 5.98. The van der Waals surface area contributed by atoms with Crippen molar-refractivity contribution in [1.29, 1.82) is 0 Å². The van der Waals surface area contributed by atoms with Gasteiger partial charge in [0, 0.05) is 17.8 Å². The minimum absolute atomic E-state index is 0.182. The Morgan fingerprint density at radius 3 is 2.56 bits per heavy atom. The summed E-state index contributed by atoms with van der Waals surface area (Å²) in [6, 6.07) is 2.05. The van der Waals surface area contributed by atoms with E-state index in [1.807, 2.05) is 18.5 Å². The molecule has 4 saturated carbocycles. The molecule has 5 rings (SSSR count). The smallest absolute Gasteiger partial charge is 0.0861 e. The molecule has 0 spiro atoms. The molecule has 1 heterocycles. The maximum absolute atomic E-state index is 10.9. The summed E-state index contributed by atoms with van der Waals surface area (Å²) in [4.78, 5) is 3.09. The van der Waals surface area contributed by atoms with Gasteiger partial charge in [-0.05, 0) is 67.4 Å². The van der Waals surface area contributed by atoms with Gasteiger partial charge in [0.25, 0.3) is 0 Å². The number of aliphatic hydroxyl groups is 1. The van der Waals surface area contributed by atoms with Gasteiger partial charge in [-0.3, -0.25) is 0 Å². The van der Waals surface area contributed by atoms with E-state index in [2.05, 4.69) is 11.9 Å². The van der Waals surface area contributed by atoms with Crippen molar-refractivity contribution in [3.05, 3.63) is 24.0 Å². The molecule has 3 atom stereocenters. The average Bonchev–Trinajstić information content (AvgIpc) is 2.77. The fraction of sp³-hybridized carbons (Fsp3) is 0.750. The number of aromatic nitrogens is 1. The number of hydrogen-bond donors (Lipinski definition) is 2. The Morgan fingerprint density at radius 1 is 1.28 bits per heavy atom. The van der Waals surface area contributed by atoms with Crippen molar-refractivity contribution >= 4 is 0 Å². The van der Waals surface area contributed by atoms with Gasteiger partial charge in [0.15, 0.2) is 0 Å². The van der Waals surface area contributed by atoms with E-state index in [9.17, 15) is 5.11 Å². The first-order valence-corrected chi connectivity index (χ1v) is 7.39. The lowest BCUT2D eigenvalue weighted by molar-refractivity contribution is -0.155. The summed E-state index contributed by atoms with van der Waals surface area (Å²) in [5, 5.41) is 10.9. The Bertz CT molecular complexity index is 436. The zero-order valence-electron chi connectivity index (χ0n) is 11.2. The van der Waals surface area contributed by atoms with E-state index in [-0.39, 0.29) is 11.5 Å². The van der Waals surface area contributed by atoms with Gasteiger partial charge in [0.2, 0.25) is 0 Å². The minimum atomic E-state index is -0.256. The third-order valence-electron chi connectivity index (χ3n) is 5.92. The zero-order valence-corrected chi connectivity index (χ0v) is 11.2. The van der Waals surface area contributed by atoms with Crippen LogP contribution in [0.5, 0.6) is 0 Å². The first-order chi connectivity index (χ1) is 8.59. The molecular weight excluding hydrogens is 222 g/mol. The standard InChI is InChI=1S/C16H23NO/c1-15-5-11-4-12(6-15)8-16(7-11,10-15)14(18)13-2-3-17-9-13/h2-3,9,11-12,14,17-18H,4-8,10H2,1H3. The predicted molar refractivity (Wildman–Crippen MR) is 71.0 cm³/mol. The third-order valence-corrected chi connectivity index (χ3v) is 5.92. The second kappa shape index (κ2) is 3.41. The van der Waals surface area contributed by atoms with Crippen molar-refractivity contribution in [3.8, 4) is 0 Å². The van der Waals surface area contributed by atoms with E-state index in [0.717, 1.165) is 17.4 Å². The first-order valence-electron chi connectivity index (χ1n) is 7.39. The van der Waals surface area contributed by atoms with E-state index in [1.165, 1.54) is 38.5 Å². The molecule has 0 radical (unpaired) electrons. The summed E-state index contributed by atoms with van der Waals surface area (Å²) in [5.74, 6) is 1.76. The van der Waals surface area contributed by atoms with E-state index < -0.39 is 0 Å². The van der Waals surface area contributed by atoms with Crippen LogP contribution in [0, 0.1) is 22.7 Å². The predicted octanol–water partition coefficient (Wildman–Crippen LogP) is 3.65. The highest BCUT2D eigenvalue weighted by Gasteiger charge is 2.58. The lowest BCUT2D eigenvalue weighted by Crippen LogP contribution is -2.53. The average molecular weight is 245 g/mol. The number of nitrogens with one attached hydrogen (secondary N) is 1. The van der Waals surface area contributed by atoms with Crippen LogP contribution < -0.4 is 0 Å². The molecule has 1 aromatic rings. The normalized spacial score (nSPS) is 47.4. The van der Waals surface area contributed by atoms with Gasteiger partial charge in [-0.25, -0.2) is 0 Å². The van der Waals surface area contributed by atoms with Gasteiger partial charge >= 0.3 is 0 Å². The van der Waals surface area contributed by atoms with Gasteiger partial charge in [0.05, 0.1) is 6.10 Å². The number of hydrogen-bond acceptors (Lipinski definition) is 1. The molecule has 98 valence electrons. The van der Waals surface area contributed by atoms with Gasteiger partial charge in [-0.1, -0.05) is 6.92 Å². The van der Waals surface area contributed by atoms with Crippen molar-refractivity contribution < 1.29 is 5.11 Å². The Balaban J connectivity index is 1.71. The highest BCUT2D eigenvalue weighted by atomic mass is 16.3. The van der Waals surface area contributed by atoms with Crippen LogP contribution >= 0.6 is 0 Å². The van der Waals surface area contributed by atoms with Crippen LogP contribution in [0.25, 0.3) is 0 Å². The van der Waals surface area contributed by atoms with Crippen molar-refractivity contribution in [2.24, 2.45) is 22.7 Å². The lowest BCUT2D eigenvalue weighted by Gasteiger charge is -2.62. The van der Waals surface area contributed by atoms with E-state index in [4.69, 9.17) is 0 Å². The SMILES string of the molecule is CC12CC3CC(C1)CC(C(O)c1cc[nH]c1)(C3)C2. The van der Waals surface area contributed by atoms with E-state index in [1.54, 1.807) is 0 Å². The molecule has 3 unspecified atom stereocenters. The summed E-state index contributed by atoms with van der Waals surface area (Å²) in [5.41, 5.74) is 1.79. The number of aliphatic hydroxyl groups excluding tert-OH is 1. The van der Waals surface area contributed by atoms with Crippen LogP contribution in [0.1, 0.15) is 57.1 Å². The molecule has 0 amide bonds. The molecule has 4 fully saturated rings. The van der Waals surface area contributed by atoms with Crippen LogP contribution in [-0.4, -0.2) is 10.1 Å². The Kier molecular flexibility index (Phi) is 2.10. The second-order valence-electron chi connectivity index (χ2n) is 7.68. The van der Waals surface area contributed by atoms with Crippen molar-refractivity contribution in [2.75, 3.05) is 0 Å². The van der Waals surface area contributed by atoms with Gasteiger partial charge in [-0.2, -0.15) is 0 Å². The molecule has 0 saturated heterocycles. The minimum Gasteiger partial charge on any atom is -0.388 e.